The van der Waals surface area contributed by atoms with Gasteiger partial charge < -0.3 is 9.47 Å². The molecule has 1 atom stereocenters. The minimum atomic E-state index is -3.29. The number of hydrogen-bond acceptors (Lipinski definition) is 7. The van der Waals surface area contributed by atoms with Crippen LogP contribution < -0.4 is 25.0 Å². The first-order valence-electron chi connectivity index (χ1n) is 8.72. The van der Waals surface area contributed by atoms with Gasteiger partial charge >= 0.3 is 0 Å². The van der Waals surface area contributed by atoms with Crippen LogP contribution in [0.3, 0.4) is 0 Å². The van der Waals surface area contributed by atoms with E-state index in [1.807, 2.05) is 4.90 Å². The molecule has 2 amide bonds. The molecule has 1 saturated heterocycles. The highest BCUT2D eigenvalue weighted by molar-refractivity contribution is 7.88. The topological polar surface area (TPSA) is 126 Å². The average molecular weight is 414 g/mol. The number of likely N-dealkylation sites (tertiary alicyclic amines) is 1. The molecule has 3 N–H and O–H groups in total. The number of benzene rings is 1. The molecule has 1 unspecified atom stereocenters. The van der Waals surface area contributed by atoms with Crippen LogP contribution in [0.2, 0.25) is 0 Å². The molecule has 0 saturated carbocycles. The van der Waals surface area contributed by atoms with Gasteiger partial charge in [-0.15, -0.1) is 0 Å². The summed E-state index contributed by atoms with van der Waals surface area (Å²) in [6.07, 6.45) is 2.61. The van der Waals surface area contributed by atoms with Crippen LogP contribution in [-0.4, -0.2) is 71.3 Å². The van der Waals surface area contributed by atoms with E-state index in [4.69, 9.17) is 9.47 Å². The van der Waals surface area contributed by atoms with E-state index in [-0.39, 0.29) is 12.6 Å². The quantitative estimate of drug-likeness (QED) is 0.513. The first-order valence-corrected chi connectivity index (χ1v) is 10.6. The Morgan fingerprint density at radius 2 is 1.89 bits per heavy atom. The summed E-state index contributed by atoms with van der Waals surface area (Å²) in [6, 6.07) is 4.43. The number of methoxy groups -OCH3 is 2. The number of nitrogens with one attached hydrogen (secondary N) is 3. The summed E-state index contributed by atoms with van der Waals surface area (Å²) in [5.41, 5.74) is 5.02. The SMILES string of the molecule is COc1ccc(C(=O)NNC(=O)CN2CCCC(NS(C)(=O)=O)C2)cc1OC. The number of amides is 2. The molecule has 1 fully saturated rings. The van der Waals surface area contributed by atoms with Gasteiger partial charge in [-0.3, -0.25) is 25.3 Å². The molecule has 1 aromatic carbocycles. The second-order valence-electron chi connectivity index (χ2n) is 6.54. The first-order chi connectivity index (χ1) is 13.2. The van der Waals surface area contributed by atoms with E-state index >= 15 is 0 Å². The van der Waals surface area contributed by atoms with Crippen LogP contribution in [0.25, 0.3) is 0 Å². The predicted octanol–water partition coefficient (Wildman–Crippen LogP) is -0.522. The third-order valence-corrected chi connectivity index (χ3v) is 4.98. The van der Waals surface area contributed by atoms with Crippen molar-refractivity contribution in [2.75, 3.05) is 40.1 Å². The molecule has 0 aliphatic carbocycles. The fraction of sp³-hybridized carbons (Fsp3) is 0.529. The van der Waals surface area contributed by atoms with E-state index in [1.54, 1.807) is 12.1 Å². The van der Waals surface area contributed by atoms with Gasteiger partial charge in [0.15, 0.2) is 11.5 Å². The van der Waals surface area contributed by atoms with E-state index in [0.717, 1.165) is 19.1 Å². The molecule has 0 aromatic heterocycles. The number of ether oxygens (including phenoxy) is 2. The molecule has 1 aliphatic rings. The maximum atomic E-state index is 12.2. The summed E-state index contributed by atoms with van der Waals surface area (Å²) in [5, 5.41) is 0. The van der Waals surface area contributed by atoms with E-state index in [0.29, 0.717) is 30.2 Å². The largest absolute Gasteiger partial charge is 0.493 e. The maximum Gasteiger partial charge on any atom is 0.269 e. The van der Waals surface area contributed by atoms with E-state index in [1.165, 1.54) is 20.3 Å². The normalized spacial score (nSPS) is 17.6. The van der Waals surface area contributed by atoms with Crippen molar-refractivity contribution in [2.24, 2.45) is 0 Å². The maximum absolute atomic E-state index is 12.2. The zero-order chi connectivity index (χ0) is 20.7. The Morgan fingerprint density at radius 1 is 1.18 bits per heavy atom. The van der Waals surface area contributed by atoms with Gasteiger partial charge in [0.2, 0.25) is 10.0 Å². The molecular weight excluding hydrogens is 388 g/mol. The number of piperidine rings is 1. The fourth-order valence-electron chi connectivity index (χ4n) is 3.02. The first kappa shape index (κ1) is 21.9. The molecule has 1 aromatic rings. The van der Waals surface area contributed by atoms with Crippen LogP contribution in [0.5, 0.6) is 11.5 Å². The highest BCUT2D eigenvalue weighted by Crippen LogP contribution is 2.27. The molecule has 0 bridgehead atoms. The van der Waals surface area contributed by atoms with Crippen LogP contribution in [0.4, 0.5) is 0 Å². The Labute approximate surface area is 164 Å². The lowest BCUT2D eigenvalue weighted by Gasteiger charge is -2.32. The Bertz CT molecular complexity index is 814. The predicted molar refractivity (Wildman–Crippen MR) is 103 cm³/mol. The summed E-state index contributed by atoms with van der Waals surface area (Å²) >= 11 is 0. The lowest BCUT2D eigenvalue weighted by atomic mass is 10.1. The summed E-state index contributed by atoms with van der Waals surface area (Å²) in [7, 11) is -0.333. The van der Waals surface area contributed by atoms with Gasteiger partial charge in [-0.1, -0.05) is 0 Å². The number of hydrazine groups is 1. The van der Waals surface area contributed by atoms with Crippen molar-refractivity contribution in [1.82, 2.24) is 20.5 Å². The van der Waals surface area contributed by atoms with Gasteiger partial charge in [-0.2, -0.15) is 0 Å². The number of rotatable bonds is 7. The zero-order valence-electron chi connectivity index (χ0n) is 16.1. The van der Waals surface area contributed by atoms with Gasteiger partial charge in [0.25, 0.3) is 11.8 Å². The van der Waals surface area contributed by atoms with Crippen molar-refractivity contribution >= 4 is 21.8 Å². The second-order valence-corrected chi connectivity index (χ2v) is 8.32. The second kappa shape index (κ2) is 9.71. The van der Waals surface area contributed by atoms with Crippen molar-refractivity contribution < 1.29 is 27.5 Å². The van der Waals surface area contributed by atoms with Gasteiger partial charge in [0.05, 0.1) is 27.0 Å². The standard InChI is InChI=1S/C17H26N4O6S/c1-26-14-7-6-12(9-15(14)27-2)17(23)19-18-16(22)11-21-8-4-5-13(10-21)20-28(3,24)25/h6-7,9,13,20H,4-5,8,10-11H2,1-3H3,(H,18,22)(H,19,23). The number of nitrogens with zero attached hydrogens (tertiary/aromatic N) is 1. The zero-order valence-corrected chi connectivity index (χ0v) is 17.0. The van der Waals surface area contributed by atoms with E-state index in [2.05, 4.69) is 15.6 Å². The van der Waals surface area contributed by atoms with Crippen molar-refractivity contribution in [1.29, 1.82) is 0 Å². The third-order valence-electron chi connectivity index (χ3n) is 4.21. The summed E-state index contributed by atoms with van der Waals surface area (Å²) < 4.78 is 35.5. The number of carbonyl (C=O) groups is 2. The van der Waals surface area contributed by atoms with Crippen LogP contribution in [-0.2, 0) is 14.8 Å². The van der Waals surface area contributed by atoms with Crippen LogP contribution in [0.15, 0.2) is 18.2 Å². The van der Waals surface area contributed by atoms with E-state index in [9.17, 15) is 18.0 Å². The smallest absolute Gasteiger partial charge is 0.269 e. The van der Waals surface area contributed by atoms with Crippen LogP contribution >= 0.6 is 0 Å². The molecule has 0 radical (unpaired) electrons. The molecule has 156 valence electrons. The number of sulfonamides is 1. The van der Waals surface area contributed by atoms with Gasteiger partial charge in [-0.05, 0) is 37.6 Å². The molecule has 10 nitrogen and oxygen atoms in total. The van der Waals surface area contributed by atoms with Gasteiger partial charge in [0.1, 0.15) is 0 Å². The minimum Gasteiger partial charge on any atom is -0.493 e. The fourth-order valence-corrected chi connectivity index (χ4v) is 3.81. The van der Waals surface area contributed by atoms with Crippen molar-refractivity contribution in [3.8, 4) is 11.5 Å². The molecule has 1 heterocycles. The monoisotopic (exact) mass is 414 g/mol. The average Bonchev–Trinajstić information content (AvgIpc) is 2.64. The Hall–Kier alpha value is -2.37. The van der Waals surface area contributed by atoms with Gasteiger partial charge in [-0.25, -0.2) is 13.1 Å². The molecule has 28 heavy (non-hydrogen) atoms. The molecule has 2 rings (SSSR count). The summed E-state index contributed by atoms with van der Waals surface area (Å²) in [4.78, 5) is 26.2. The minimum absolute atomic E-state index is 0.0498. The molecule has 11 heteroatoms. The summed E-state index contributed by atoms with van der Waals surface area (Å²) in [5.74, 6) is 0.00283. The third kappa shape index (κ3) is 6.66. The van der Waals surface area contributed by atoms with Gasteiger partial charge in [0, 0.05) is 18.2 Å². The molecule has 1 aliphatic heterocycles. The number of hydrogen-bond donors (Lipinski definition) is 3. The highest BCUT2D eigenvalue weighted by Gasteiger charge is 2.23. The van der Waals surface area contributed by atoms with Crippen LogP contribution in [0, 0.1) is 0 Å². The van der Waals surface area contributed by atoms with E-state index < -0.39 is 21.8 Å². The lowest BCUT2D eigenvalue weighted by Crippen LogP contribution is -2.52. The van der Waals surface area contributed by atoms with Crippen molar-refractivity contribution in [3.63, 3.8) is 0 Å². The lowest BCUT2D eigenvalue weighted by molar-refractivity contribution is -0.123. The van der Waals surface area contributed by atoms with Crippen molar-refractivity contribution in [3.05, 3.63) is 23.8 Å². The Morgan fingerprint density at radius 3 is 2.54 bits per heavy atom. The Kier molecular flexibility index (Phi) is 7.61. The highest BCUT2D eigenvalue weighted by atomic mass is 32.2. The van der Waals surface area contributed by atoms with Crippen LogP contribution in [0.1, 0.15) is 23.2 Å². The van der Waals surface area contributed by atoms with Crippen molar-refractivity contribution in [2.45, 2.75) is 18.9 Å². The molecular formula is C17H26N4O6S. The molecule has 0 spiro atoms. The Balaban J connectivity index is 1.84. The summed E-state index contributed by atoms with van der Waals surface area (Å²) in [6.45, 7) is 1.16. The number of carbonyl (C=O) groups excluding carboxylic acids is 2.